The maximum absolute atomic E-state index is 13.5. The SMILES string of the molecule is Fc1cccc(F)c1CNc1ccc(-c2nccs2)cc1. The van der Waals surface area contributed by atoms with E-state index in [4.69, 9.17) is 0 Å². The van der Waals surface area contributed by atoms with Crippen LogP contribution in [0, 0.1) is 11.6 Å². The first kappa shape index (κ1) is 13.7. The number of benzene rings is 2. The van der Waals surface area contributed by atoms with Gasteiger partial charge >= 0.3 is 0 Å². The average Bonchev–Trinajstić information content (AvgIpc) is 3.02. The van der Waals surface area contributed by atoms with Crippen molar-refractivity contribution in [2.45, 2.75) is 6.54 Å². The maximum atomic E-state index is 13.5. The van der Waals surface area contributed by atoms with E-state index >= 15 is 0 Å². The molecule has 106 valence electrons. The lowest BCUT2D eigenvalue weighted by Crippen LogP contribution is -2.04. The molecule has 0 fully saturated rings. The lowest BCUT2D eigenvalue weighted by Gasteiger charge is -2.08. The Balaban J connectivity index is 1.71. The molecule has 3 aromatic rings. The van der Waals surface area contributed by atoms with Crippen molar-refractivity contribution in [1.29, 1.82) is 0 Å². The Morgan fingerprint density at radius 3 is 2.33 bits per heavy atom. The third kappa shape index (κ3) is 3.08. The molecule has 1 aromatic heterocycles. The van der Waals surface area contributed by atoms with Gasteiger partial charge in [0.1, 0.15) is 16.6 Å². The summed E-state index contributed by atoms with van der Waals surface area (Å²) in [6, 6.07) is 11.5. The minimum absolute atomic E-state index is 0.0431. The van der Waals surface area contributed by atoms with Gasteiger partial charge in [0.2, 0.25) is 0 Å². The van der Waals surface area contributed by atoms with Crippen molar-refractivity contribution in [3.05, 3.63) is 71.2 Å². The van der Waals surface area contributed by atoms with Crippen LogP contribution in [0.25, 0.3) is 10.6 Å². The molecule has 0 saturated heterocycles. The molecule has 1 heterocycles. The Hall–Kier alpha value is -2.27. The lowest BCUT2D eigenvalue weighted by atomic mass is 10.1. The molecular formula is C16H12F2N2S. The zero-order valence-corrected chi connectivity index (χ0v) is 11.8. The number of aromatic nitrogens is 1. The number of nitrogens with one attached hydrogen (secondary N) is 1. The minimum atomic E-state index is -0.540. The van der Waals surface area contributed by atoms with Gasteiger partial charge in [0, 0.05) is 34.9 Å². The van der Waals surface area contributed by atoms with Crippen molar-refractivity contribution in [3.8, 4) is 10.6 Å². The molecule has 2 aromatic carbocycles. The minimum Gasteiger partial charge on any atom is -0.381 e. The van der Waals surface area contributed by atoms with Crippen molar-refractivity contribution in [2.75, 3.05) is 5.32 Å². The molecule has 21 heavy (non-hydrogen) atoms. The summed E-state index contributed by atoms with van der Waals surface area (Å²) in [5.41, 5.74) is 1.87. The Bertz CT molecular complexity index is 704. The van der Waals surface area contributed by atoms with Crippen LogP contribution in [0.2, 0.25) is 0 Å². The number of halogens is 2. The zero-order valence-electron chi connectivity index (χ0n) is 11.0. The standard InChI is InChI=1S/C16H12F2N2S/c17-14-2-1-3-15(18)13(14)10-20-12-6-4-11(5-7-12)16-19-8-9-21-16/h1-9,20H,10H2. The second-order valence-electron chi connectivity index (χ2n) is 4.47. The van der Waals surface area contributed by atoms with Crippen LogP contribution < -0.4 is 5.32 Å². The number of hydrogen-bond donors (Lipinski definition) is 1. The normalized spacial score (nSPS) is 10.6. The van der Waals surface area contributed by atoms with E-state index in [1.807, 2.05) is 29.6 Å². The molecule has 0 saturated carbocycles. The first-order valence-electron chi connectivity index (χ1n) is 6.41. The highest BCUT2D eigenvalue weighted by atomic mass is 32.1. The lowest BCUT2D eigenvalue weighted by molar-refractivity contribution is 0.560. The van der Waals surface area contributed by atoms with Crippen LogP contribution in [0.15, 0.2) is 54.0 Å². The number of rotatable bonds is 4. The van der Waals surface area contributed by atoms with Crippen molar-refractivity contribution in [1.82, 2.24) is 4.98 Å². The van der Waals surface area contributed by atoms with E-state index < -0.39 is 11.6 Å². The van der Waals surface area contributed by atoms with Crippen LogP contribution in [-0.2, 0) is 6.54 Å². The van der Waals surface area contributed by atoms with Crippen molar-refractivity contribution in [2.24, 2.45) is 0 Å². The molecule has 0 atom stereocenters. The van der Waals surface area contributed by atoms with Crippen LogP contribution in [-0.4, -0.2) is 4.98 Å². The quantitative estimate of drug-likeness (QED) is 0.755. The van der Waals surface area contributed by atoms with Crippen LogP contribution in [0.1, 0.15) is 5.56 Å². The summed E-state index contributed by atoms with van der Waals surface area (Å²) in [7, 11) is 0. The molecule has 0 aliphatic rings. The van der Waals surface area contributed by atoms with Gasteiger partial charge in [0.05, 0.1) is 0 Å². The molecule has 0 bridgehead atoms. The predicted molar refractivity (Wildman–Crippen MR) is 81.2 cm³/mol. The molecule has 5 heteroatoms. The molecule has 0 radical (unpaired) electrons. The van der Waals surface area contributed by atoms with Crippen molar-refractivity contribution >= 4 is 17.0 Å². The van der Waals surface area contributed by atoms with Gasteiger partial charge < -0.3 is 5.32 Å². The highest BCUT2D eigenvalue weighted by Crippen LogP contribution is 2.23. The highest BCUT2D eigenvalue weighted by molar-refractivity contribution is 7.13. The molecular weight excluding hydrogens is 290 g/mol. The summed E-state index contributed by atoms with van der Waals surface area (Å²) in [6.45, 7) is 0.106. The second-order valence-corrected chi connectivity index (χ2v) is 5.36. The number of hydrogen-bond acceptors (Lipinski definition) is 3. The fraction of sp³-hybridized carbons (Fsp3) is 0.0625. The van der Waals surface area contributed by atoms with Gasteiger partial charge in [-0.3, -0.25) is 0 Å². The van der Waals surface area contributed by atoms with E-state index in [-0.39, 0.29) is 12.1 Å². The highest BCUT2D eigenvalue weighted by Gasteiger charge is 2.08. The fourth-order valence-electron chi connectivity index (χ4n) is 1.99. The third-order valence-corrected chi connectivity index (χ3v) is 3.92. The Kier molecular flexibility index (Phi) is 3.92. The van der Waals surface area contributed by atoms with Gasteiger partial charge in [0.15, 0.2) is 0 Å². The zero-order chi connectivity index (χ0) is 14.7. The van der Waals surface area contributed by atoms with E-state index in [9.17, 15) is 8.78 Å². The number of nitrogens with zero attached hydrogens (tertiary/aromatic N) is 1. The van der Waals surface area contributed by atoms with E-state index in [0.29, 0.717) is 0 Å². The first-order valence-corrected chi connectivity index (χ1v) is 7.29. The largest absolute Gasteiger partial charge is 0.381 e. The van der Waals surface area contributed by atoms with Gasteiger partial charge in [-0.05, 0) is 36.4 Å². The summed E-state index contributed by atoms with van der Waals surface area (Å²) in [6.07, 6.45) is 1.76. The van der Waals surface area contributed by atoms with Crippen LogP contribution in [0.4, 0.5) is 14.5 Å². The second kappa shape index (κ2) is 6.01. The number of anilines is 1. The van der Waals surface area contributed by atoms with Crippen LogP contribution in [0.3, 0.4) is 0 Å². The summed E-state index contributed by atoms with van der Waals surface area (Å²) in [4.78, 5) is 4.23. The summed E-state index contributed by atoms with van der Waals surface area (Å²) < 4.78 is 27.0. The predicted octanol–water partition coefficient (Wildman–Crippen LogP) is 4.70. The van der Waals surface area contributed by atoms with Gasteiger partial charge in [-0.15, -0.1) is 11.3 Å². The van der Waals surface area contributed by atoms with E-state index in [0.717, 1.165) is 16.3 Å². The summed E-state index contributed by atoms with van der Waals surface area (Å²) in [5.74, 6) is -1.08. The van der Waals surface area contributed by atoms with E-state index in [2.05, 4.69) is 10.3 Å². The third-order valence-electron chi connectivity index (χ3n) is 3.10. The average molecular weight is 302 g/mol. The topological polar surface area (TPSA) is 24.9 Å². The monoisotopic (exact) mass is 302 g/mol. The van der Waals surface area contributed by atoms with Crippen molar-refractivity contribution < 1.29 is 8.78 Å². The number of thiazole rings is 1. The Labute approximate surface area is 125 Å². The van der Waals surface area contributed by atoms with E-state index in [1.165, 1.54) is 18.2 Å². The molecule has 0 aliphatic heterocycles. The van der Waals surface area contributed by atoms with Gasteiger partial charge in [-0.25, -0.2) is 13.8 Å². The van der Waals surface area contributed by atoms with Gasteiger partial charge in [-0.1, -0.05) is 6.07 Å². The van der Waals surface area contributed by atoms with Crippen LogP contribution in [0.5, 0.6) is 0 Å². The molecule has 3 rings (SSSR count). The van der Waals surface area contributed by atoms with Gasteiger partial charge in [0.25, 0.3) is 0 Å². The smallest absolute Gasteiger partial charge is 0.131 e. The molecule has 2 nitrogen and oxygen atoms in total. The molecule has 0 spiro atoms. The van der Waals surface area contributed by atoms with Crippen LogP contribution >= 0.6 is 11.3 Å². The first-order chi connectivity index (χ1) is 10.2. The summed E-state index contributed by atoms with van der Waals surface area (Å²) in [5, 5.41) is 5.88. The van der Waals surface area contributed by atoms with Crippen molar-refractivity contribution in [3.63, 3.8) is 0 Å². The summed E-state index contributed by atoms with van der Waals surface area (Å²) >= 11 is 1.57. The Morgan fingerprint density at radius 1 is 1.00 bits per heavy atom. The molecule has 0 amide bonds. The molecule has 1 N–H and O–H groups in total. The van der Waals surface area contributed by atoms with E-state index in [1.54, 1.807) is 17.5 Å². The fourth-order valence-corrected chi connectivity index (χ4v) is 2.63. The Morgan fingerprint density at radius 2 is 1.71 bits per heavy atom. The molecule has 0 aliphatic carbocycles. The van der Waals surface area contributed by atoms with Gasteiger partial charge in [-0.2, -0.15) is 0 Å². The maximum Gasteiger partial charge on any atom is 0.131 e. The molecule has 0 unspecified atom stereocenters.